The van der Waals surface area contributed by atoms with E-state index in [1.165, 1.54) is 5.56 Å². The van der Waals surface area contributed by atoms with Crippen LogP contribution in [0.2, 0.25) is 0 Å². The highest BCUT2D eigenvalue weighted by Crippen LogP contribution is 2.43. The van der Waals surface area contributed by atoms with Gasteiger partial charge in [-0.15, -0.1) is 0 Å². The van der Waals surface area contributed by atoms with E-state index < -0.39 is 0 Å². The van der Waals surface area contributed by atoms with Gasteiger partial charge in [0.05, 0.1) is 6.04 Å². The lowest BCUT2D eigenvalue weighted by Gasteiger charge is -2.38. The minimum absolute atomic E-state index is 0.178. The molecule has 5 nitrogen and oxygen atoms in total. The zero-order chi connectivity index (χ0) is 16.5. The van der Waals surface area contributed by atoms with Crippen LogP contribution in [-0.2, 0) is 0 Å². The molecule has 4 atom stereocenters. The Morgan fingerprint density at radius 3 is 2.62 bits per heavy atom. The highest BCUT2D eigenvalue weighted by atomic mass is 19.1. The Hall–Kier alpha value is -1.79. The van der Waals surface area contributed by atoms with Gasteiger partial charge in [-0.05, 0) is 55.8 Å². The molecule has 128 valence electrons. The van der Waals surface area contributed by atoms with Gasteiger partial charge in [0.25, 0.3) is 0 Å². The minimum atomic E-state index is -0.178. The number of aromatic nitrogens is 3. The maximum atomic E-state index is 13.2. The summed E-state index contributed by atoms with van der Waals surface area (Å²) in [5.41, 5.74) is 7.41. The number of benzene rings is 1. The van der Waals surface area contributed by atoms with Gasteiger partial charge in [-0.25, -0.2) is 14.1 Å². The molecule has 2 fully saturated rings. The molecule has 1 aliphatic carbocycles. The molecule has 24 heavy (non-hydrogen) atoms. The van der Waals surface area contributed by atoms with Crippen LogP contribution in [-0.4, -0.2) is 44.8 Å². The molecule has 0 spiro atoms. The molecular formula is C18H24FN5. The number of nitrogens with zero attached hydrogens (tertiary/aromatic N) is 4. The second-order valence-electron chi connectivity index (χ2n) is 7.13. The first-order valence-corrected chi connectivity index (χ1v) is 8.80. The number of rotatable bonds is 3. The van der Waals surface area contributed by atoms with Crippen molar-refractivity contribution in [2.75, 3.05) is 13.1 Å². The van der Waals surface area contributed by atoms with Crippen molar-refractivity contribution in [1.82, 2.24) is 19.7 Å². The van der Waals surface area contributed by atoms with E-state index in [1.54, 1.807) is 18.5 Å². The number of nitrogens with two attached hydrogens (primary N) is 1. The van der Waals surface area contributed by atoms with Crippen molar-refractivity contribution in [3.8, 4) is 0 Å². The number of hydrogen-bond donors (Lipinski definition) is 1. The predicted octanol–water partition coefficient (Wildman–Crippen LogP) is 2.33. The van der Waals surface area contributed by atoms with Gasteiger partial charge in [0, 0.05) is 18.6 Å². The Balaban J connectivity index is 1.59. The van der Waals surface area contributed by atoms with Crippen LogP contribution in [0.3, 0.4) is 0 Å². The van der Waals surface area contributed by atoms with Gasteiger partial charge < -0.3 is 5.73 Å². The summed E-state index contributed by atoms with van der Waals surface area (Å²) in [6.07, 6.45) is 7.74. The molecule has 4 unspecified atom stereocenters. The average molecular weight is 329 g/mol. The second-order valence-corrected chi connectivity index (χ2v) is 7.13. The number of halogens is 1. The van der Waals surface area contributed by atoms with E-state index in [1.807, 2.05) is 23.1 Å². The van der Waals surface area contributed by atoms with Crippen molar-refractivity contribution >= 4 is 0 Å². The van der Waals surface area contributed by atoms with E-state index in [2.05, 4.69) is 15.0 Å². The highest BCUT2D eigenvalue weighted by Gasteiger charge is 2.40. The molecule has 2 aliphatic rings. The average Bonchev–Trinajstić information content (AvgIpc) is 3.25. The van der Waals surface area contributed by atoms with Crippen molar-refractivity contribution in [3.63, 3.8) is 0 Å². The van der Waals surface area contributed by atoms with Gasteiger partial charge in [0.2, 0.25) is 0 Å². The quantitative estimate of drug-likeness (QED) is 0.939. The third kappa shape index (κ3) is 3.08. The van der Waals surface area contributed by atoms with E-state index in [9.17, 15) is 4.39 Å². The summed E-state index contributed by atoms with van der Waals surface area (Å²) >= 11 is 0. The summed E-state index contributed by atoms with van der Waals surface area (Å²) in [7, 11) is 0. The van der Waals surface area contributed by atoms with Crippen molar-refractivity contribution in [2.45, 2.75) is 49.7 Å². The fourth-order valence-electron chi connectivity index (χ4n) is 4.41. The monoisotopic (exact) mass is 329 g/mol. The molecule has 1 aliphatic heterocycles. The van der Waals surface area contributed by atoms with Crippen LogP contribution in [0.5, 0.6) is 0 Å². The van der Waals surface area contributed by atoms with Crippen LogP contribution in [0, 0.1) is 5.82 Å². The van der Waals surface area contributed by atoms with Crippen molar-refractivity contribution in [1.29, 1.82) is 0 Å². The third-order valence-electron chi connectivity index (χ3n) is 5.57. The van der Waals surface area contributed by atoms with Crippen LogP contribution >= 0.6 is 0 Å². The molecule has 1 aromatic heterocycles. The molecule has 0 amide bonds. The summed E-state index contributed by atoms with van der Waals surface area (Å²) in [5, 5.41) is 4.39. The van der Waals surface area contributed by atoms with Gasteiger partial charge in [-0.3, -0.25) is 4.90 Å². The van der Waals surface area contributed by atoms with Crippen LogP contribution < -0.4 is 5.73 Å². The second kappa shape index (κ2) is 6.61. The molecule has 2 heterocycles. The maximum absolute atomic E-state index is 13.2. The van der Waals surface area contributed by atoms with Crippen molar-refractivity contribution in [2.24, 2.45) is 5.73 Å². The maximum Gasteiger partial charge on any atom is 0.137 e. The summed E-state index contributed by atoms with van der Waals surface area (Å²) < 4.78 is 15.2. The number of piperidine rings is 1. The summed E-state index contributed by atoms with van der Waals surface area (Å²) in [6, 6.07) is 7.93. The molecular weight excluding hydrogens is 305 g/mol. The Bertz CT molecular complexity index is 657. The lowest BCUT2D eigenvalue weighted by Crippen LogP contribution is -2.49. The third-order valence-corrected chi connectivity index (χ3v) is 5.57. The smallest absolute Gasteiger partial charge is 0.137 e. The van der Waals surface area contributed by atoms with Crippen LogP contribution in [0.15, 0.2) is 36.9 Å². The van der Waals surface area contributed by atoms with Gasteiger partial charge in [0.1, 0.15) is 18.5 Å². The Kier molecular flexibility index (Phi) is 4.33. The standard InChI is InChI=1S/C18H24FN5/c19-15-5-3-13(4-6-15)14-8-17(23-7-1-2-16(20)10-23)18(9-14)24-12-21-11-22-24/h3-6,11-12,14,16-18H,1-2,7-10,20H2. The van der Waals surface area contributed by atoms with Crippen molar-refractivity contribution < 1.29 is 4.39 Å². The zero-order valence-electron chi connectivity index (χ0n) is 13.8. The van der Waals surface area contributed by atoms with E-state index in [4.69, 9.17) is 5.73 Å². The largest absolute Gasteiger partial charge is 0.327 e. The Labute approximate surface area is 141 Å². The fraction of sp³-hybridized carbons (Fsp3) is 0.556. The van der Waals surface area contributed by atoms with E-state index in [-0.39, 0.29) is 11.9 Å². The Morgan fingerprint density at radius 1 is 1.12 bits per heavy atom. The van der Waals surface area contributed by atoms with Crippen LogP contribution in [0.4, 0.5) is 4.39 Å². The summed E-state index contributed by atoms with van der Waals surface area (Å²) in [5.74, 6) is 0.242. The fourth-order valence-corrected chi connectivity index (χ4v) is 4.41. The molecule has 1 aromatic carbocycles. The molecule has 2 N–H and O–H groups in total. The molecule has 1 saturated carbocycles. The normalized spacial score (nSPS) is 31.4. The van der Waals surface area contributed by atoms with Gasteiger partial charge in [0.15, 0.2) is 0 Å². The Morgan fingerprint density at radius 2 is 1.92 bits per heavy atom. The molecule has 6 heteroatoms. The predicted molar refractivity (Wildman–Crippen MR) is 90.0 cm³/mol. The number of likely N-dealkylation sites (tertiary alicyclic amines) is 1. The first-order chi connectivity index (χ1) is 11.7. The first-order valence-electron chi connectivity index (χ1n) is 8.80. The topological polar surface area (TPSA) is 60.0 Å². The first kappa shape index (κ1) is 15.7. The molecule has 0 bridgehead atoms. The van der Waals surface area contributed by atoms with E-state index in [0.717, 1.165) is 38.8 Å². The van der Waals surface area contributed by atoms with Gasteiger partial charge in [-0.2, -0.15) is 5.10 Å². The van der Waals surface area contributed by atoms with E-state index in [0.29, 0.717) is 18.0 Å². The lowest BCUT2D eigenvalue weighted by molar-refractivity contribution is 0.119. The molecule has 0 radical (unpaired) electrons. The SMILES string of the molecule is NC1CCCN(C2CC(c3ccc(F)cc3)CC2n2cncn2)C1. The summed E-state index contributed by atoms with van der Waals surface area (Å²) in [4.78, 5) is 6.66. The van der Waals surface area contributed by atoms with Gasteiger partial charge >= 0.3 is 0 Å². The highest BCUT2D eigenvalue weighted by molar-refractivity contribution is 5.23. The van der Waals surface area contributed by atoms with Crippen LogP contribution in [0.25, 0.3) is 0 Å². The zero-order valence-corrected chi connectivity index (χ0v) is 13.8. The van der Waals surface area contributed by atoms with E-state index >= 15 is 0 Å². The summed E-state index contributed by atoms with van der Waals surface area (Å²) in [6.45, 7) is 2.05. The van der Waals surface area contributed by atoms with Crippen molar-refractivity contribution in [3.05, 3.63) is 48.3 Å². The lowest BCUT2D eigenvalue weighted by atomic mass is 9.97. The van der Waals surface area contributed by atoms with Gasteiger partial charge in [-0.1, -0.05) is 12.1 Å². The minimum Gasteiger partial charge on any atom is -0.327 e. The number of hydrogen-bond acceptors (Lipinski definition) is 4. The molecule has 2 aromatic rings. The molecule has 1 saturated heterocycles. The van der Waals surface area contributed by atoms with Crippen LogP contribution in [0.1, 0.15) is 43.2 Å². The molecule has 4 rings (SSSR count).